The van der Waals surface area contributed by atoms with Gasteiger partial charge in [0.15, 0.2) is 0 Å². The van der Waals surface area contributed by atoms with Crippen LogP contribution in [0.15, 0.2) is 18.2 Å². The maximum Gasteiger partial charge on any atom is 0.337 e. The molecule has 0 spiro atoms. The number of fused-ring (bicyclic) bond motifs is 1. The van der Waals surface area contributed by atoms with Gasteiger partial charge in [-0.3, -0.25) is 0 Å². The van der Waals surface area contributed by atoms with Crippen molar-refractivity contribution in [3.05, 3.63) is 29.6 Å². The highest BCUT2D eigenvalue weighted by Gasteiger charge is 2.23. The largest absolute Gasteiger partial charge is 0.478 e. The minimum atomic E-state index is -1.03. The summed E-state index contributed by atoms with van der Waals surface area (Å²) in [5, 5.41) is 9.27. The molecule has 0 aliphatic rings. The zero-order chi connectivity index (χ0) is 15.6. The van der Waals surface area contributed by atoms with Gasteiger partial charge in [0, 0.05) is 6.42 Å². The number of hydrogen-bond donors (Lipinski definition) is 1. The molecular weight excluding hydrogens is 272 g/mol. The number of esters is 1. The van der Waals surface area contributed by atoms with Crippen LogP contribution in [0, 0.1) is 0 Å². The quantitative estimate of drug-likeness (QED) is 0.855. The summed E-state index contributed by atoms with van der Waals surface area (Å²) in [4.78, 5) is 27.6. The Labute approximate surface area is 122 Å². The Kier molecular flexibility index (Phi) is 4.26. The van der Waals surface area contributed by atoms with Gasteiger partial charge in [0.1, 0.15) is 17.4 Å². The Hall–Kier alpha value is -2.37. The molecule has 0 aliphatic heterocycles. The number of benzene rings is 1. The molecule has 2 aromatic rings. The van der Waals surface area contributed by atoms with E-state index >= 15 is 0 Å². The number of aromatic carboxylic acids is 1. The van der Waals surface area contributed by atoms with Crippen molar-refractivity contribution in [2.45, 2.75) is 32.7 Å². The standard InChI is InChI=1S/C15H18N2O4/c1-4-6-12-16-13-10(14(18)19)7-5-8-11(13)17(12)9(2)15(20)21-3/h5,7-9H,4,6H2,1-3H3,(H,18,19). The van der Waals surface area contributed by atoms with Crippen molar-refractivity contribution >= 4 is 23.0 Å². The van der Waals surface area contributed by atoms with Gasteiger partial charge in [0.05, 0.1) is 18.2 Å². The first kappa shape index (κ1) is 15.0. The van der Waals surface area contributed by atoms with E-state index in [9.17, 15) is 14.7 Å². The number of aryl methyl sites for hydroxylation is 1. The molecule has 1 heterocycles. The number of imidazole rings is 1. The Bertz CT molecular complexity index is 690. The van der Waals surface area contributed by atoms with E-state index in [2.05, 4.69) is 4.98 Å². The zero-order valence-corrected chi connectivity index (χ0v) is 12.3. The Morgan fingerprint density at radius 1 is 1.43 bits per heavy atom. The molecule has 1 atom stereocenters. The summed E-state index contributed by atoms with van der Waals surface area (Å²) in [5.74, 6) is -0.717. The van der Waals surface area contributed by atoms with E-state index in [1.807, 2.05) is 6.92 Å². The van der Waals surface area contributed by atoms with Gasteiger partial charge in [-0.05, 0) is 25.5 Å². The molecule has 0 bridgehead atoms. The van der Waals surface area contributed by atoms with E-state index < -0.39 is 12.0 Å². The number of ether oxygens (including phenoxy) is 1. The summed E-state index contributed by atoms with van der Waals surface area (Å²) in [6.07, 6.45) is 1.51. The summed E-state index contributed by atoms with van der Waals surface area (Å²) < 4.78 is 6.55. The van der Waals surface area contributed by atoms with E-state index in [-0.39, 0.29) is 11.5 Å². The van der Waals surface area contributed by atoms with Gasteiger partial charge < -0.3 is 14.4 Å². The predicted molar refractivity (Wildman–Crippen MR) is 77.4 cm³/mol. The maximum absolute atomic E-state index is 11.8. The van der Waals surface area contributed by atoms with Crippen molar-refractivity contribution in [2.24, 2.45) is 0 Å². The topological polar surface area (TPSA) is 81.4 Å². The van der Waals surface area contributed by atoms with Gasteiger partial charge in [-0.25, -0.2) is 14.6 Å². The molecule has 0 amide bonds. The van der Waals surface area contributed by atoms with Crippen LogP contribution in [0.5, 0.6) is 0 Å². The molecule has 1 aromatic carbocycles. The lowest BCUT2D eigenvalue weighted by Crippen LogP contribution is -2.19. The summed E-state index contributed by atoms with van der Waals surface area (Å²) in [5.41, 5.74) is 1.18. The first-order valence-electron chi connectivity index (χ1n) is 6.82. The van der Waals surface area contributed by atoms with Gasteiger partial charge in [-0.1, -0.05) is 13.0 Å². The average Bonchev–Trinajstić information content (AvgIpc) is 2.83. The van der Waals surface area contributed by atoms with Crippen molar-refractivity contribution < 1.29 is 19.4 Å². The number of hydrogen-bond acceptors (Lipinski definition) is 4. The second kappa shape index (κ2) is 5.95. The molecule has 1 unspecified atom stereocenters. The van der Waals surface area contributed by atoms with Crippen LogP contribution in [0.3, 0.4) is 0 Å². The van der Waals surface area contributed by atoms with Gasteiger partial charge in [-0.2, -0.15) is 0 Å². The average molecular weight is 290 g/mol. The van der Waals surface area contributed by atoms with E-state index in [0.717, 1.165) is 6.42 Å². The molecule has 0 saturated heterocycles. The van der Waals surface area contributed by atoms with Gasteiger partial charge in [0.2, 0.25) is 0 Å². The number of rotatable bonds is 5. The smallest absolute Gasteiger partial charge is 0.337 e. The molecule has 6 heteroatoms. The number of carboxylic acid groups (broad SMARTS) is 1. The number of carbonyl (C=O) groups is 2. The minimum Gasteiger partial charge on any atom is -0.478 e. The van der Waals surface area contributed by atoms with Crippen LogP contribution in [0.1, 0.15) is 42.5 Å². The van der Waals surface area contributed by atoms with Gasteiger partial charge in [0.25, 0.3) is 0 Å². The third kappa shape index (κ3) is 2.61. The van der Waals surface area contributed by atoms with E-state index in [4.69, 9.17) is 4.74 Å². The number of para-hydroxylation sites is 1. The normalized spacial score (nSPS) is 12.3. The molecule has 1 aromatic heterocycles. The third-order valence-electron chi connectivity index (χ3n) is 3.43. The number of carbonyl (C=O) groups excluding carboxylic acids is 1. The lowest BCUT2D eigenvalue weighted by molar-refractivity contribution is -0.143. The Balaban J connectivity index is 2.71. The zero-order valence-electron chi connectivity index (χ0n) is 12.3. The van der Waals surface area contributed by atoms with Crippen molar-refractivity contribution in [3.63, 3.8) is 0 Å². The number of nitrogens with zero attached hydrogens (tertiary/aromatic N) is 2. The molecule has 112 valence electrons. The molecular formula is C15H18N2O4. The molecule has 2 rings (SSSR count). The van der Waals surface area contributed by atoms with Crippen LogP contribution >= 0.6 is 0 Å². The summed E-state index contributed by atoms with van der Waals surface area (Å²) >= 11 is 0. The second-order valence-corrected chi connectivity index (χ2v) is 4.83. The molecule has 0 fully saturated rings. The third-order valence-corrected chi connectivity index (χ3v) is 3.43. The summed E-state index contributed by atoms with van der Waals surface area (Å²) in [7, 11) is 1.33. The van der Waals surface area contributed by atoms with Crippen LogP contribution in [0.25, 0.3) is 11.0 Å². The fourth-order valence-corrected chi connectivity index (χ4v) is 2.45. The molecule has 0 radical (unpaired) electrons. The van der Waals surface area contributed by atoms with Gasteiger partial charge in [-0.15, -0.1) is 0 Å². The highest BCUT2D eigenvalue weighted by atomic mass is 16.5. The monoisotopic (exact) mass is 290 g/mol. The summed E-state index contributed by atoms with van der Waals surface area (Å²) in [6.45, 7) is 3.73. The van der Waals surface area contributed by atoms with Crippen LogP contribution < -0.4 is 0 Å². The van der Waals surface area contributed by atoms with Crippen LogP contribution in [-0.4, -0.2) is 33.7 Å². The van der Waals surface area contributed by atoms with Crippen LogP contribution in [-0.2, 0) is 16.0 Å². The number of carboxylic acids is 1. The first-order chi connectivity index (χ1) is 10.0. The van der Waals surface area contributed by atoms with Gasteiger partial charge >= 0.3 is 11.9 Å². The number of aromatic nitrogens is 2. The van der Waals surface area contributed by atoms with Crippen LogP contribution in [0.4, 0.5) is 0 Å². The fourth-order valence-electron chi connectivity index (χ4n) is 2.45. The molecule has 1 N–H and O–H groups in total. The van der Waals surface area contributed by atoms with Crippen molar-refractivity contribution in [1.82, 2.24) is 9.55 Å². The Morgan fingerprint density at radius 3 is 2.71 bits per heavy atom. The highest BCUT2D eigenvalue weighted by molar-refractivity contribution is 6.01. The Morgan fingerprint density at radius 2 is 2.14 bits per heavy atom. The maximum atomic E-state index is 11.8. The second-order valence-electron chi connectivity index (χ2n) is 4.83. The van der Waals surface area contributed by atoms with Crippen molar-refractivity contribution in [1.29, 1.82) is 0 Å². The van der Waals surface area contributed by atoms with E-state index in [1.165, 1.54) is 13.2 Å². The lowest BCUT2D eigenvalue weighted by Gasteiger charge is -2.15. The number of methoxy groups -OCH3 is 1. The van der Waals surface area contributed by atoms with E-state index in [0.29, 0.717) is 23.3 Å². The van der Waals surface area contributed by atoms with Crippen molar-refractivity contribution in [3.8, 4) is 0 Å². The lowest BCUT2D eigenvalue weighted by atomic mass is 10.2. The van der Waals surface area contributed by atoms with Crippen molar-refractivity contribution in [2.75, 3.05) is 7.11 Å². The first-order valence-corrected chi connectivity index (χ1v) is 6.82. The molecule has 0 aliphatic carbocycles. The highest BCUT2D eigenvalue weighted by Crippen LogP contribution is 2.25. The minimum absolute atomic E-state index is 0.140. The fraction of sp³-hybridized carbons (Fsp3) is 0.400. The molecule has 21 heavy (non-hydrogen) atoms. The SMILES string of the molecule is CCCc1nc2c(C(=O)O)cccc2n1C(C)C(=O)OC. The summed E-state index contributed by atoms with van der Waals surface area (Å²) in [6, 6.07) is 4.39. The van der Waals surface area contributed by atoms with E-state index in [1.54, 1.807) is 23.6 Å². The van der Waals surface area contributed by atoms with Crippen LogP contribution in [0.2, 0.25) is 0 Å². The molecule has 0 saturated carbocycles. The molecule has 6 nitrogen and oxygen atoms in total. The predicted octanol–water partition coefficient (Wildman–Crippen LogP) is 2.42.